The molecule has 0 aromatic heterocycles. The zero-order valence-corrected chi connectivity index (χ0v) is 13.3. The molecule has 1 aromatic carbocycles. The predicted octanol–water partition coefficient (Wildman–Crippen LogP) is 3.03. The van der Waals surface area contributed by atoms with Gasteiger partial charge in [-0.3, -0.25) is 0 Å². The molecule has 0 bridgehead atoms. The standard InChI is InChI=1S/C14H21ClN2O2S/c1-9-3-6-13(10(2)7-9)17-20(18,19)14-8-11(15)4-5-12(14)16/h4-5,8-10,13,17H,3,6-7,16H2,1-2H3. The Hall–Kier alpha value is -0.780. The van der Waals surface area contributed by atoms with E-state index >= 15 is 0 Å². The van der Waals surface area contributed by atoms with Crippen LogP contribution in [0.2, 0.25) is 5.02 Å². The van der Waals surface area contributed by atoms with Crippen LogP contribution in [-0.2, 0) is 10.0 Å². The van der Waals surface area contributed by atoms with Crippen molar-refractivity contribution in [2.45, 2.75) is 44.0 Å². The molecule has 0 radical (unpaired) electrons. The van der Waals surface area contributed by atoms with Crippen LogP contribution in [0.1, 0.15) is 33.1 Å². The normalized spacial score (nSPS) is 27.4. The molecule has 1 saturated carbocycles. The van der Waals surface area contributed by atoms with Gasteiger partial charge in [0.25, 0.3) is 0 Å². The van der Waals surface area contributed by atoms with Crippen molar-refractivity contribution in [1.29, 1.82) is 0 Å². The Labute approximate surface area is 125 Å². The van der Waals surface area contributed by atoms with Gasteiger partial charge in [-0.1, -0.05) is 25.4 Å². The second kappa shape index (κ2) is 5.92. The quantitative estimate of drug-likeness (QED) is 0.842. The third-order valence-corrected chi connectivity index (χ3v) is 5.78. The molecule has 2 rings (SSSR count). The molecule has 1 fully saturated rings. The van der Waals surface area contributed by atoms with E-state index in [0.717, 1.165) is 19.3 Å². The van der Waals surface area contributed by atoms with Crippen molar-refractivity contribution in [3.05, 3.63) is 23.2 Å². The zero-order chi connectivity index (χ0) is 14.9. The van der Waals surface area contributed by atoms with E-state index in [-0.39, 0.29) is 16.6 Å². The van der Waals surface area contributed by atoms with E-state index in [1.54, 1.807) is 6.07 Å². The van der Waals surface area contributed by atoms with E-state index in [1.807, 2.05) is 0 Å². The molecule has 1 aliphatic rings. The Morgan fingerprint density at radius 2 is 2.00 bits per heavy atom. The van der Waals surface area contributed by atoms with Gasteiger partial charge < -0.3 is 5.73 Å². The van der Waals surface area contributed by atoms with Crippen LogP contribution in [0.5, 0.6) is 0 Å². The van der Waals surface area contributed by atoms with Crippen LogP contribution in [-0.4, -0.2) is 14.5 Å². The lowest BCUT2D eigenvalue weighted by Crippen LogP contribution is -2.42. The third-order valence-electron chi connectivity index (χ3n) is 4.00. The fraction of sp³-hybridized carbons (Fsp3) is 0.571. The highest BCUT2D eigenvalue weighted by Gasteiger charge is 2.30. The third kappa shape index (κ3) is 3.45. The maximum absolute atomic E-state index is 12.5. The average molecular weight is 317 g/mol. The molecule has 0 heterocycles. The maximum Gasteiger partial charge on any atom is 0.242 e. The van der Waals surface area contributed by atoms with Gasteiger partial charge in [0.2, 0.25) is 10.0 Å². The van der Waals surface area contributed by atoms with E-state index in [1.165, 1.54) is 12.1 Å². The zero-order valence-electron chi connectivity index (χ0n) is 11.8. The van der Waals surface area contributed by atoms with Crippen LogP contribution in [0, 0.1) is 11.8 Å². The summed E-state index contributed by atoms with van der Waals surface area (Å²) in [5.74, 6) is 0.982. The largest absolute Gasteiger partial charge is 0.398 e. The highest BCUT2D eigenvalue weighted by molar-refractivity contribution is 7.89. The fourth-order valence-electron chi connectivity index (χ4n) is 2.84. The topological polar surface area (TPSA) is 72.2 Å². The Morgan fingerprint density at radius 1 is 1.30 bits per heavy atom. The van der Waals surface area contributed by atoms with E-state index < -0.39 is 10.0 Å². The van der Waals surface area contributed by atoms with Crippen LogP contribution in [0.15, 0.2) is 23.1 Å². The first-order valence-corrected chi connectivity index (χ1v) is 8.73. The molecule has 3 unspecified atom stereocenters. The molecule has 0 amide bonds. The van der Waals surface area contributed by atoms with Crippen molar-refractivity contribution in [1.82, 2.24) is 4.72 Å². The first-order chi connectivity index (χ1) is 9.29. The number of hydrogen-bond donors (Lipinski definition) is 2. The summed E-state index contributed by atoms with van der Waals surface area (Å²) in [6, 6.07) is 4.47. The number of benzene rings is 1. The van der Waals surface area contributed by atoms with Gasteiger partial charge in [-0.2, -0.15) is 0 Å². The van der Waals surface area contributed by atoms with Crippen molar-refractivity contribution in [3.8, 4) is 0 Å². The summed E-state index contributed by atoms with van der Waals surface area (Å²) in [6.45, 7) is 4.29. The number of nitrogens with two attached hydrogens (primary N) is 1. The molecule has 0 saturated heterocycles. The molecular weight excluding hydrogens is 296 g/mol. The number of hydrogen-bond acceptors (Lipinski definition) is 3. The molecule has 20 heavy (non-hydrogen) atoms. The van der Waals surface area contributed by atoms with Crippen molar-refractivity contribution in [3.63, 3.8) is 0 Å². The molecular formula is C14H21ClN2O2S. The summed E-state index contributed by atoms with van der Waals surface area (Å²) < 4.78 is 27.7. The molecule has 4 nitrogen and oxygen atoms in total. The predicted molar refractivity (Wildman–Crippen MR) is 82.2 cm³/mol. The lowest BCUT2D eigenvalue weighted by molar-refractivity contribution is 0.249. The van der Waals surface area contributed by atoms with Crippen molar-refractivity contribution < 1.29 is 8.42 Å². The van der Waals surface area contributed by atoms with Crippen molar-refractivity contribution in [2.24, 2.45) is 11.8 Å². The highest BCUT2D eigenvalue weighted by atomic mass is 35.5. The monoisotopic (exact) mass is 316 g/mol. The molecule has 112 valence electrons. The molecule has 1 aliphatic carbocycles. The molecule has 6 heteroatoms. The summed E-state index contributed by atoms with van der Waals surface area (Å²) >= 11 is 5.87. The van der Waals surface area contributed by atoms with Crippen LogP contribution >= 0.6 is 11.6 Å². The van der Waals surface area contributed by atoms with Crippen LogP contribution in [0.25, 0.3) is 0 Å². The van der Waals surface area contributed by atoms with Crippen LogP contribution in [0.3, 0.4) is 0 Å². The SMILES string of the molecule is CC1CCC(NS(=O)(=O)c2cc(Cl)ccc2N)C(C)C1. The highest BCUT2D eigenvalue weighted by Crippen LogP contribution is 2.30. The van der Waals surface area contributed by atoms with E-state index in [9.17, 15) is 8.42 Å². The van der Waals surface area contributed by atoms with E-state index in [2.05, 4.69) is 18.6 Å². The number of sulfonamides is 1. The Morgan fingerprint density at radius 3 is 2.65 bits per heavy atom. The molecule has 3 atom stereocenters. The van der Waals surface area contributed by atoms with Gasteiger partial charge >= 0.3 is 0 Å². The van der Waals surface area contributed by atoms with Crippen LogP contribution < -0.4 is 10.5 Å². The van der Waals surface area contributed by atoms with Gasteiger partial charge in [0.1, 0.15) is 4.90 Å². The molecule has 1 aromatic rings. The van der Waals surface area contributed by atoms with Crippen molar-refractivity contribution in [2.75, 3.05) is 5.73 Å². The van der Waals surface area contributed by atoms with Crippen LogP contribution in [0.4, 0.5) is 5.69 Å². The summed E-state index contributed by atoms with van der Waals surface area (Å²) in [7, 11) is -3.62. The average Bonchev–Trinajstić information content (AvgIpc) is 2.35. The number of halogens is 1. The van der Waals surface area contributed by atoms with Gasteiger partial charge in [-0.15, -0.1) is 0 Å². The summed E-state index contributed by atoms with van der Waals surface area (Å²) in [5, 5.41) is 0.366. The summed E-state index contributed by atoms with van der Waals surface area (Å²) in [4.78, 5) is 0.0656. The summed E-state index contributed by atoms with van der Waals surface area (Å²) in [5.41, 5.74) is 5.98. The number of rotatable bonds is 3. The molecule has 3 N–H and O–H groups in total. The van der Waals surface area contributed by atoms with E-state index in [0.29, 0.717) is 16.9 Å². The van der Waals surface area contributed by atoms with E-state index in [4.69, 9.17) is 17.3 Å². The Bertz CT molecular complexity index is 589. The lowest BCUT2D eigenvalue weighted by Gasteiger charge is -2.33. The fourth-order valence-corrected chi connectivity index (χ4v) is 4.62. The van der Waals surface area contributed by atoms with Crippen molar-refractivity contribution >= 4 is 27.3 Å². The van der Waals surface area contributed by atoms with Gasteiger partial charge in [0.05, 0.1) is 5.69 Å². The Kier molecular flexibility index (Phi) is 4.62. The number of anilines is 1. The van der Waals surface area contributed by atoms with Gasteiger partial charge in [-0.25, -0.2) is 13.1 Å². The minimum Gasteiger partial charge on any atom is -0.398 e. The first kappa shape index (κ1) is 15.6. The minimum absolute atomic E-state index is 0.0328. The van der Waals surface area contributed by atoms with Gasteiger partial charge in [-0.05, 0) is 49.3 Å². The molecule has 0 spiro atoms. The second-order valence-corrected chi connectivity index (χ2v) is 7.92. The number of nitrogen functional groups attached to an aromatic ring is 1. The smallest absolute Gasteiger partial charge is 0.242 e. The molecule has 0 aliphatic heterocycles. The summed E-state index contributed by atoms with van der Waals surface area (Å²) in [6.07, 6.45) is 2.95. The van der Waals surface area contributed by atoms with Gasteiger partial charge in [0, 0.05) is 11.1 Å². The maximum atomic E-state index is 12.5. The number of nitrogens with one attached hydrogen (secondary N) is 1. The lowest BCUT2D eigenvalue weighted by atomic mass is 9.80. The van der Waals surface area contributed by atoms with Gasteiger partial charge in [0.15, 0.2) is 0 Å². The Balaban J connectivity index is 2.21. The first-order valence-electron chi connectivity index (χ1n) is 6.87. The second-order valence-electron chi connectivity index (χ2n) is 5.81. The minimum atomic E-state index is -3.62.